The summed E-state index contributed by atoms with van der Waals surface area (Å²) in [6.07, 6.45) is 7.44. The van der Waals surface area contributed by atoms with Gasteiger partial charge in [0.25, 0.3) is 0 Å². The summed E-state index contributed by atoms with van der Waals surface area (Å²) < 4.78 is 5.25. The zero-order valence-electron chi connectivity index (χ0n) is 23.4. The summed E-state index contributed by atoms with van der Waals surface area (Å²) in [6.45, 7) is 7.20. The van der Waals surface area contributed by atoms with Crippen LogP contribution in [0.5, 0.6) is 0 Å². The van der Waals surface area contributed by atoms with Crippen molar-refractivity contribution >= 4 is 23.1 Å². The highest BCUT2D eigenvalue weighted by Crippen LogP contribution is 2.38. The quantitative estimate of drug-likeness (QED) is 0.288. The van der Waals surface area contributed by atoms with E-state index in [0.717, 1.165) is 60.5 Å². The van der Waals surface area contributed by atoms with Gasteiger partial charge in [0.05, 0.1) is 16.6 Å². The van der Waals surface area contributed by atoms with Gasteiger partial charge in [0.1, 0.15) is 12.4 Å². The Bertz CT molecular complexity index is 1560. The number of carboxylic acid groups (broad SMARTS) is 1. The topological polar surface area (TPSA) is 91.3 Å². The van der Waals surface area contributed by atoms with Crippen LogP contribution in [0.25, 0.3) is 28.2 Å². The number of carbonyl (C=O) groups is 1. The van der Waals surface area contributed by atoms with Crippen LogP contribution in [-0.4, -0.2) is 57.2 Å². The molecule has 1 aliphatic heterocycles. The van der Waals surface area contributed by atoms with E-state index in [1.54, 1.807) is 19.2 Å². The van der Waals surface area contributed by atoms with Crippen LogP contribution in [-0.2, 0) is 17.8 Å². The minimum atomic E-state index is -0.872. The zero-order valence-corrected chi connectivity index (χ0v) is 23.4. The minimum absolute atomic E-state index is 0.346. The first-order valence-corrected chi connectivity index (χ1v) is 14.2. The lowest BCUT2D eigenvalue weighted by molar-refractivity contribution is 0.0697. The lowest BCUT2D eigenvalue weighted by Crippen LogP contribution is -2.42. The molecule has 7 nitrogen and oxygen atoms in total. The Hall–Kier alpha value is -3.81. The molecular weight excluding hydrogens is 500 g/mol. The van der Waals surface area contributed by atoms with Gasteiger partial charge in [-0.2, -0.15) is 0 Å². The molecule has 1 unspecified atom stereocenters. The van der Waals surface area contributed by atoms with E-state index in [1.807, 2.05) is 18.3 Å². The maximum absolute atomic E-state index is 11.2. The number of piperidine rings is 1. The Morgan fingerprint density at radius 1 is 1.15 bits per heavy atom. The molecule has 1 saturated heterocycles. The lowest BCUT2D eigenvalue weighted by Gasteiger charge is -2.39. The Morgan fingerprint density at radius 2 is 1.93 bits per heavy atom. The number of imidazole rings is 1. The number of fused-ring (bicyclic) bond motifs is 2. The number of aromatic carboxylic acids is 1. The second-order valence-corrected chi connectivity index (χ2v) is 11.2. The zero-order chi connectivity index (χ0) is 27.8. The number of H-pyrrole nitrogens is 1. The van der Waals surface area contributed by atoms with Crippen LogP contribution in [0.15, 0.2) is 60.3 Å². The molecule has 206 valence electrons. The molecule has 0 amide bonds. The van der Waals surface area contributed by atoms with E-state index in [0.29, 0.717) is 30.0 Å². The summed E-state index contributed by atoms with van der Waals surface area (Å²) in [7, 11) is 1.68. The number of ether oxygens (including phenoxy) is 1. The van der Waals surface area contributed by atoms with Crippen LogP contribution in [0.2, 0.25) is 0 Å². The van der Waals surface area contributed by atoms with Crippen molar-refractivity contribution in [3.63, 3.8) is 0 Å². The fraction of sp³-hybridized carbons (Fsp3) is 0.364. The van der Waals surface area contributed by atoms with Gasteiger partial charge in [0, 0.05) is 30.6 Å². The van der Waals surface area contributed by atoms with E-state index >= 15 is 0 Å². The Labute approximate surface area is 234 Å². The summed E-state index contributed by atoms with van der Waals surface area (Å²) in [5.41, 5.74) is 9.77. The van der Waals surface area contributed by atoms with Gasteiger partial charge < -0.3 is 14.8 Å². The Kier molecular flexibility index (Phi) is 7.26. The van der Waals surface area contributed by atoms with Crippen LogP contribution in [0.3, 0.4) is 0 Å². The number of aromatic amines is 1. The summed E-state index contributed by atoms with van der Waals surface area (Å²) in [4.78, 5) is 26.6. The van der Waals surface area contributed by atoms with Crippen molar-refractivity contribution in [1.29, 1.82) is 0 Å². The number of hydrogen-bond acceptors (Lipinski definition) is 5. The average molecular weight is 537 g/mol. The van der Waals surface area contributed by atoms with E-state index in [1.165, 1.54) is 22.3 Å². The summed E-state index contributed by atoms with van der Waals surface area (Å²) in [6, 6.07) is 16.3. The number of benzene rings is 2. The second kappa shape index (κ2) is 11.0. The standard InChI is InChI=1S/C33H36N4O3/c1-20-16-30-28(26(10-13-34-30)25-8-9-29-31(17-25)36-32(35-29)19-40-3)18-27(20)21(2)37-14-11-23(12-15-37)22-4-6-24(7-5-22)33(38)39/h4-10,13,17-18,20-21,23H,11-12,14-16,19H2,1-3H3,(H,35,36)(H,38,39)/t20?,21-/m0/s1. The number of methoxy groups -OCH3 is 1. The largest absolute Gasteiger partial charge is 0.478 e. The highest BCUT2D eigenvalue weighted by molar-refractivity contribution is 5.87. The SMILES string of the molecule is COCc1nc2ccc(-c3ccnc4c3C=C([C@H](C)N3CCC(c5ccc(C(=O)O)cc5)CC3)C(C)C4)cc2[nH]1. The molecule has 3 heterocycles. The predicted molar refractivity (Wildman–Crippen MR) is 157 cm³/mol. The number of likely N-dealkylation sites (tertiary alicyclic amines) is 1. The van der Waals surface area contributed by atoms with Gasteiger partial charge in [-0.15, -0.1) is 0 Å². The first kappa shape index (κ1) is 26.4. The van der Waals surface area contributed by atoms with E-state index in [9.17, 15) is 9.90 Å². The number of carboxylic acids is 1. The third-order valence-corrected chi connectivity index (χ3v) is 8.76. The Balaban J connectivity index is 1.23. The van der Waals surface area contributed by atoms with Gasteiger partial charge >= 0.3 is 5.97 Å². The first-order valence-electron chi connectivity index (χ1n) is 14.2. The van der Waals surface area contributed by atoms with Crippen LogP contribution < -0.4 is 0 Å². The van der Waals surface area contributed by atoms with Crippen molar-refractivity contribution in [2.45, 2.75) is 51.7 Å². The van der Waals surface area contributed by atoms with E-state index < -0.39 is 5.97 Å². The predicted octanol–water partition coefficient (Wildman–Crippen LogP) is 6.31. The Morgan fingerprint density at radius 3 is 2.65 bits per heavy atom. The molecule has 4 aromatic rings. The van der Waals surface area contributed by atoms with Gasteiger partial charge in [-0.05, 0) is 104 Å². The number of nitrogens with one attached hydrogen (secondary N) is 1. The smallest absolute Gasteiger partial charge is 0.335 e. The van der Waals surface area contributed by atoms with Crippen molar-refractivity contribution in [1.82, 2.24) is 19.9 Å². The fourth-order valence-electron chi connectivity index (χ4n) is 6.50. The van der Waals surface area contributed by atoms with Gasteiger partial charge in [0.15, 0.2) is 0 Å². The molecule has 2 N–H and O–H groups in total. The van der Waals surface area contributed by atoms with Crippen molar-refractivity contribution < 1.29 is 14.6 Å². The highest BCUT2D eigenvalue weighted by Gasteiger charge is 2.30. The number of hydrogen-bond donors (Lipinski definition) is 2. The average Bonchev–Trinajstić information content (AvgIpc) is 3.38. The molecule has 40 heavy (non-hydrogen) atoms. The molecule has 2 aromatic heterocycles. The molecule has 6 rings (SSSR count). The number of aromatic nitrogens is 3. The number of rotatable bonds is 7. The third-order valence-electron chi connectivity index (χ3n) is 8.76. The molecule has 1 fully saturated rings. The van der Waals surface area contributed by atoms with Gasteiger partial charge in [-0.3, -0.25) is 9.88 Å². The molecule has 0 radical (unpaired) electrons. The molecule has 0 spiro atoms. The molecule has 0 saturated carbocycles. The molecule has 1 aliphatic carbocycles. The maximum Gasteiger partial charge on any atom is 0.335 e. The van der Waals surface area contributed by atoms with Gasteiger partial charge in [-0.25, -0.2) is 9.78 Å². The summed E-state index contributed by atoms with van der Waals surface area (Å²) in [5.74, 6) is 0.862. The molecule has 7 heteroatoms. The number of nitrogens with zero attached hydrogens (tertiary/aromatic N) is 3. The van der Waals surface area contributed by atoms with Crippen LogP contribution >= 0.6 is 0 Å². The molecular formula is C33H36N4O3. The molecule has 2 aromatic carbocycles. The minimum Gasteiger partial charge on any atom is -0.478 e. The van der Waals surface area contributed by atoms with E-state index in [-0.39, 0.29) is 0 Å². The molecule has 0 bridgehead atoms. The lowest BCUT2D eigenvalue weighted by atomic mass is 9.80. The van der Waals surface area contributed by atoms with E-state index in [2.05, 4.69) is 59.1 Å². The van der Waals surface area contributed by atoms with Crippen LogP contribution in [0.1, 0.15) is 65.6 Å². The summed E-state index contributed by atoms with van der Waals surface area (Å²) >= 11 is 0. The normalized spacial score (nSPS) is 18.9. The van der Waals surface area contributed by atoms with Crippen molar-refractivity contribution in [3.05, 3.63) is 88.5 Å². The van der Waals surface area contributed by atoms with Crippen molar-refractivity contribution in [3.8, 4) is 11.1 Å². The van der Waals surface area contributed by atoms with Crippen molar-refractivity contribution in [2.24, 2.45) is 5.92 Å². The highest BCUT2D eigenvalue weighted by atomic mass is 16.5. The second-order valence-electron chi connectivity index (χ2n) is 11.2. The van der Waals surface area contributed by atoms with E-state index in [4.69, 9.17) is 9.72 Å². The monoisotopic (exact) mass is 536 g/mol. The van der Waals surface area contributed by atoms with Gasteiger partial charge in [-0.1, -0.05) is 31.2 Å². The number of pyridine rings is 1. The first-order chi connectivity index (χ1) is 19.4. The fourth-order valence-corrected chi connectivity index (χ4v) is 6.50. The third kappa shape index (κ3) is 5.07. The summed E-state index contributed by atoms with van der Waals surface area (Å²) in [5, 5.41) is 9.21. The maximum atomic E-state index is 11.2. The molecule has 2 atom stereocenters. The molecule has 2 aliphatic rings. The van der Waals surface area contributed by atoms with Crippen molar-refractivity contribution in [2.75, 3.05) is 20.2 Å². The van der Waals surface area contributed by atoms with Gasteiger partial charge in [0.2, 0.25) is 0 Å². The van der Waals surface area contributed by atoms with Crippen LogP contribution in [0.4, 0.5) is 0 Å². The van der Waals surface area contributed by atoms with Crippen LogP contribution in [0, 0.1) is 5.92 Å².